The van der Waals surface area contributed by atoms with Crippen LogP contribution in [0.5, 0.6) is 5.75 Å². The van der Waals surface area contributed by atoms with E-state index >= 15 is 0 Å². The number of halogens is 1. The second kappa shape index (κ2) is 10.6. The second-order valence-electron chi connectivity index (χ2n) is 9.59. The van der Waals surface area contributed by atoms with Gasteiger partial charge < -0.3 is 20.1 Å². The lowest BCUT2D eigenvalue weighted by atomic mass is 10.0. The maximum absolute atomic E-state index is 14.6. The van der Waals surface area contributed by atoms with Gasteiger partial charge in [-0.25, -0.2) is 9.37 Å². The Morgan fingerprint density at radius 3 is 2.76 bits per heavy atom. The zero-order valence-corrected chi connectivity index (χ0v) is 20.5. The first-order valence-electron chi connectivity index (χ1n) is 12.4. The quantitative estimate of drug-likeness (QED) is 0.510. The molecule has 2 fully saturated rings. The number of nitrogens with one attached hydrogen (secondary N) is 1. The average Bonchev–Trinajstić information content (AvgIpc) is 3.72. The fourth-order valence-corrected chi connectivity index (χ4v) is 4.81. The maximum Gasteiger partial charge on any atom is 0.248 e. The van der Waals surface area contributed by atoms with Crippen LogP contribution in [0.3, 0.4) is 0 Å². The summed E-state index contributed by atoms with van der Waals surface area (Å²) in [7, 11) is 0. The summed E-state index contributed by atoms with van der Waals surface area (Å²) in [5.74, 6) is 0.656. The Kier molecular flexibility index (Phi) is 7.14. The smallest absolute Gasteiger partial charge is 0.248 e. The number of aryl methyl sites for hydroxylation is 1. The normalized spacial score (nSPS) is 22.8. The molecule has 2 amide bonds. The van der Waals surface area contributed by atoms with E-state index in [4.69, 9.17) is 9.84 Å². The number of carbonyl (C=O) groups is 2. The van der Waals surface area contributed by atoms with Gasteiger partial charge in [-0.1, -0.05) is 12.1 Å². The Morgan fingerprint density at radius 1 is 1.19 bits per heavy atom. The predicted molar refractivity (Wildman–Crippen MR) is 136 cm³/mol. The summed E-state index contributed by atoms with van der Waals surface area (Å²) in [5.41, 5.74) is 3.73. The van der Waals surface area contributed by atoms with Gasteiger partial charge in [0, 0.05) is 37.5 Å². The molecule has 2 N–H and O–H groups in total. The molecule has 2 aromatic heterocycles. The average molecular weight is 505 g/mol. The fourth-order valence-electron chi connectivity index (χ4n) is 4.81. The molecule has 1 aliphatic carbocycles. The summed E-state index contributed by atoms with van der Waals surface area (Å²) in [6.45, 7) is 1.53. The molecule has 1 aliphatic heterocycles. The molecule has 0 spiro atoms. The van der Waals surface area contributed by atoms with Gasteiger partial charge in [-0.05, 0) is 71.8 Å². The molecule has 37 heavy (non-hydrogen) atoms. The van der Waals surface area contributed by atoms with Crippen molar-refractivity contribution >= 4 is 17.6 Å². The summed E-state index contributed by atoms with van der Waals surface area (Å²) in [5, 5.41) is 11.9. The Morgan fingerprint density at radius 2 is 2.03 bits per heavy atom. The summed E-state index contributed by atoms with van der Waals surface area (Å²) >= 11 is 0. The highest BCUT2D eigenvalue weighted by molar-refractivity contribution is 5.95. The van der Waals surface area contributed by atoms with Crippen LogP contribution >= 0.6 is 0 Å². The predicted octanol–water partition coefficient (Wildman–Crippen LogP) is 3.50. The number of rotatable bonds is 7. The van der Waals surface area contributed by atoms with Crippen LogP contribution in [0.2, 0.25) is 0 Å². The second-order valence-corrected chi connectivity index (χ2v) is 9.59. The van der Waals surface area contributed by atoms with Crippen LogP contribution in [0.15, 0.2) is 61.1 Å². The van der Waals surface area contributed by atoms with Crippen molar-refractivity contribution in [2.24, 2.45) is 5.92 Å². The Labute approximate surface area is 214 Å². The number of benzene rings is 1. The molecule has 3 aromatic rings. The monoisotopic (exact) mass is 504 g/mol. The van der Waals surface area contributed by atoms with Gasteiger partial charge in [0.25, 0.3) is 0 Å². The molecule has 192 valence electrons. The van der Waals surface area contributed by atoms with Crippen LogP contribution in [-0.2, 0) is 9.59 Å². The third kappa shape index (κ3) is 5.61. The van der Waals surface area contributed by atoms with E-state index in [0.29, 0.717) is 24.5 Å². The molecule has 5 rings (SSSR count). The van der Waals surface area contributed by atoms with Gasteiger partial charge >= 0.3 is 0 Å². The van der Waals surface area contributed by atoms with Gasteiger partial charge in [0.15, 0.2) is 6.17 Å². The van der Waals surface area contributed by atoms with Crippen molar-refractivity contribution in [2.75, 3.05) is 25.0 Å². The third-order valence-corrected chi connectivity index (χ3v) is 7.01. The minimum atomic E-state index is -1.33. The number of aromatic nitrogens is 2. The molecular formula is C28H29FN4O4. The van der Waals surface area contributed by atoms with Gasteiger partial charge in [-0.3, -0.25) is 14.6 Å². The lowest BCUT2D eigenvalue weighted by molar-refractivity contribution is -0.138. The maximum atomic E-state index is 14.6. The molecule has 0 bridgehead atoms. The first kappa shape index (κ1) is 24.8. The van der Waals surface area contributed by atoms with E-state index in [0.717, 1.165) is 28.7 Å². The highest BCUT2D eigenvalue weighted by Crippen LogP contribution is 2.47. The van der Waals surface area contributed by atoms with E-state index in [2.05, 4.69) is 15.3 Å². The minimum Gasteiger partial charge on any atom is -0.487 e. The number of piperidine rings is 1. The molecule has 1 saturated heterocycles. The van der Waals surface area contributed by atoms with Gasteiger partial charge in [0.1, 0.15) is 24.3 Å². The van der Waals surface area contributed by atoms with Crippen molar-refractivity contribution in [3.63, 3.8) is 0 Å². The number of nitrogens with zero attached hydrogens (tertiary/aromatic N) is 3. The van der Waals surface area contributed by atoms with E-state index in [1.165, 1.54) is 4.90 Å². The number of ether oxygens (including phenoxy) is 1. The third-order valence-electron chi connectivity index (χ3n) is 7.01. The highest BCUT2D eigenvalue weighted by atomic mass is 19.1. The lowest BCUT2D eigenvalue weighted by Crippen LogP contribution is -2.50. The highest BCUT2D eigenvalue weighted by Gasteiger charge is 2.44. The van der Waals surface area contributed by atoms with Crippen LogP contribution in [0.1, 0.15) is 29.9 Å². The van der Waals surface area contributed by atoms with Crippen molar-refractivity contribution in [1.29, 1.82) is 0 Å². The van der Waals surface area contributed by atoms with Crippen molar-refractivity contribution in [2.45, 2.75) is 38.0 Å². The molecule has 8 nitrogen and oxygen atoms in total. The van der Waals surface area contributed by atoms with E-state index in [-0.39, 0.29) is 24.3 Å². The zero-order chi connectivity index (χ0) is 25.9. The van der Waals surface area contributed by atoms with Crippen LogP contribution in [0.25, 0.3) is 11.1 Å². The summed E-state index contributed by atoms with van der Waals surface area (Å²) in [6.07, 6.45) is 4.35. The van der Waals surface area contributed by atoms with Crippen molar-refractivity contribution in [1.82, 2.24) is 14.9 Å². The topological polar surface area (TPSA) is 105 Å². The molecule has 3 heterocycles. The molecular weight excluding hydrogens is 475 g/mol. The van der Waals surface area contributed by atoms with E-state index in [1.807, 2.05) is 49.4 Å². The summed E-state index contributed by atoms with van der Waals surface area (Å²) in [4.78, 5) is 34.1. The first-order valence-corrected chi connectivity index (χ1v) is 12.4. The molecule has 1 saturated carbocycles. The number of carbonyl (C=O) groups excluding carboxylic acids is 2. The zero-order valence-electron chi connectivity index (χ0n) is 20.5. The van der Waals surface area contributed by atoms with Crippen molar-refractivity contribution < 1.29 is 23.8 Å². The van der Waals surface area contributed by atoms with Crippen LogP contribution in [-0.4, -0.2) is 63.8 Å². The standard InChI is InChI=1S/C28H29FN4O4/c1-17-11-18(4-5-24(17)37-25-7-10-33(15-23(25)29)27(35)16-34)19-6-9-31-26(12-19)32-28(36)22-13-21(22)20-3-2-8-30-14-20/h2-6,8-9,11-12,14,21-23,25,34H,7,10,13,15-16H2,1H3,(H,31,32,36)/t21-,22+,23+,25-/m0/s1. The number of aliphatic hydroxyl groups is 1. The number of hydrogen-bond donors (Lipinski definition) is 2. The molecule has 2 aliphatic rings. The lowest BCUT2D eigenvalue weighted by Gasteiger charge is -2.34. The summed E-state index contributed by atoms with van der Waals surface area (Å²) < 4.78 is 20.6. The number of anilines is 1. The van der Waals surface area contributed by atoms with Gasteiger partial charge in [-0.15, -0.1) is 0 Å². The Bertz CT molecular complexity index is 1290. The van der Waals surface area contributed by atoms with Crippen LogP contribution in [0.4, 0.5) is 10.2 Å². The van der Waals surface area contributed by atoms with Crippen LogP contribution < -0.4 is 10.1 Å². The number of amides is 2. The molecule has 9 heteroatoms. The van der Waals surface area contributed by atoms with Crippen LogP contribution in [0, 0.1) is 12.8 Å². The van der Waals surface area contributed by atoms with Gasteiger partial charge in [0.05, 0.1) is 6.54 Å². The van der Waals surface area contributed by atoms with E-state index in [9.17, 15) is 14.0 Å². The Balaban J connectivity index is 1.21. The number of alkyl halides is 1. The van der Waals surface area contributed by atoms with E-state index < -0.39 is 24.8 Å². The molecule has 1 aromatic carbocycles. The first-order chi connectivity index (χ1) is 17.9. The van der Waals surface area contributed by atoms with Crippen molar-refractivity contribution in [3.05, 3.63) is 72.2 Å². The molecule has 0 unspecified atom stereocenters. The number of aliphatic hydroxyl groups excluding tert-OH is 1. The Hall–Kier alpha value is -3.85. The minimum absolute atomic E-state index is 0.0501. The molecule has 4 atom stereocenters. The van der Waals surface area contributed by atoms with E-state index in [1.54, 1.807) is 18.6 Å². The fraction of sp³-hybridized carbons (Fsp3) is 0.357. The summed E-state index contributed by atoms with van der Waals surface area (Å²) in [6, 6.07) is 13.2. The van der Waals surface area contributed by atoms with Gasteiger partial charge in [0.2, 0.25) is 11.8 Å². The number of hydrogen-bond acceptors (Lipinski definition) is 6. The number of pyridine rings is 2. The molecule has 0 radical (unpaired) electrons. The SMILES string of the molecule is Cc1cc(-c2ccnc(NC(=O)[C@@H]3C[C@H]3c3cccnc3)c2)ccc1O[C@H]1CCN(C(=O)CO)C[C@H]1F. The van der Waals surface area contributed by atoms with Gasteiger partial charge in [-0.2, -0.15) is 0 Å². The number of likely N-dealkylation sites (tertiary alicyclic amines) is 1. The largest absolute Gasteiger partial charge is 0.487 e. The van der Waals surface area contributed by atoms with Crippen molar-refractivity contribution in [3.8, 4) is 16.9 Å².